The minimum Gasteiger partial charge on any atom is -0.493 e. The van der Waals surface area contributed by atoms with Crippen LogP contribution >= 0.6 is 15.9 Å². The standard InChI is InChI=1S/C12H12BrNO3/c1-16-10-6-8(9(15)2-4-14)11(13)7-3-5-17-12(7)10/h3,5-6H,2,4,14H2,1H3. The second kappa shape index (κ2) is 4.89. The predicted molar refractivity (Wildman–Crippen MR) is 68.5 cm³/mol. The molecule has 2 aromatic rings. The fourth-order valence-electron chi connectivity index (χ4n) is 1.70. The Morgan fingerprint density at radius 2 is 2.35 bits per heavy atom. The molecule has 1 aromatic heterocycles. The number of fused-ring (bicyclic) bond motifs is 1. The maximum absolute atomic E-state index is 11.9. The molecule has 1 aromatic carbocycles. The number of carbonyl (C=O) groups excluding carboxylic acids is 1. The SMILES string of the molecule is COc1cc(C(=O)CCN)c(Br)c2ccoc12. The first-order chi connectivity index (χ1) is 8.19. The molecule has 2 N–H and O–H groups in total. The molecular weight excluding hydrogens is 286 g/mol. The highest BCUT2D eigenvalue weighted by Crippen LogP contribution is 2.36. The highest BCUT2D eigenvalue weighted by molar-refractivity contribution is 9.10. The second-order valence-electron chi connectivity index (χ2n) is 3.57. The van der Waals surface area contributed by atoms with Crippen LogP contribution in [-0.2, 0) is 0 Å². The third-order valence-electron chi connectivity index (χ3n) is 2.53. The number of hydrogen-bond donors (Lipinski definition) is 1. The first-order valence-electron chi connectivity index (χ1n) is 5.16. The number of ketones is 1. The molecule has 1 heterocycles. The number of carbonyl (C=O) groups is 1. The van der Waals surface area contributed by atoms with E-state index in [2.05, 4.69) is 15.9 Å². The Labute approximate surface area is 107 Å². The van der Waals surface area contributed by atoms with E-state index < -0.39 is 0 Å². The Balaban J connectivity index is 2.63. The quantitative estimate of drug-likeness (QED) is 0.881. The molecule has 17 heavy (non-hydrogen) atoms. The molecule has 0 saturated heterocycles. The van der Waals surface area contributed by atoms with Crippen LogP contribution in [0.1, 0.15) is 16.8 Å². The van der Waals surface area contributed by atoms with Gasteiger partial charge in [0, 0.05) is 21.8 Å². The van der Waals surface area contributed by atoms with Gasteiger partial charge in [-0.05, 0) is 34.6 Å². The van der Waals surface area contributed by atoms with Gasteiger partial charge < -0.3 is 14.9 Å². The van der Waals surface area contributed by atoms with Crippen molar-refractivity contribution < 1.29 is 13.9 Å². The molecule has 0 aliphatic heterocycles. The van der Waals surface area contributed by atoms with Gasteiger partial charge >= 0.3 is 0 Å². The summed E-state index contributed by atoms with van der Waals surface area (Å²) in [6.45, 7) is 0.330. The summed E-state index contributed by atoms with van der Waals surface area (Å²) < 4.78 is 11.3. The first kappa shape index (κ1) is 12.1. The molecule has 90 valence electrons. The van der Waals surface area contributed by atoms with E-state index in [1.807, 2.05) is 0 Å². The molecule has 0 atom stereocenters. The highest BCUT2D eigenvalue weighted by Gasteiger charge is 2.17. The fraction of sp³-hybridized carbons (Fsp3) is 0.250. The van der Waals surface area contributed by atoms with Gasteiger partial charge in [0.1, 0.15) is 0 Å². The van der Waals surface area contributed by atoms with E-state index in [1.165, 1.54) is 0 Å². The monoisotopic (exact) mass is 297 g/mol. The van der Waals surface area contributed by atoms with Crippen molar-refractivity contribution in [2.24, 2.45) is 5.73 Å². The Kier molecular flexibility index (Phi) is 3.49. The van der Waals surface area contributed by atoms with Gasteiger partial charge in [0.15, 0.2) is 17.1 Å². The van der Waals surface area contributed by atoms with Crippen LogP contribution in [0.2, 0.25) is 0 Å². The lowest BCUT2D eigenvalue weighted by Crippen LogP contribution is -2.09. The summed E-state index contributed by atoms with van der Waals surface area (Å²) >= 11 is 3.42. The van der Waals surface area contributed by atoms with Crippen molar-refractivity contribution in [2.75, 3.05) is 13.7 Å². The zero-order valence-corrected chi connectivity index (χ0v) is 10.9. The molecule has 0 fully saturated rings. The Hall–Kier alpha value is -1.33. The number of methoxy groups -OCH3 is 1. The van der Waals surface area contributed by atoms with Gasteiger partial charge in [-0.1, -0.05) is 0 Å². The molecule has 0 radical (unpaired) electrons. The summed E-state index contributed by atoms with van der Waals surface area (Å²) in [6.07, 6.45) is 1.88. The smallest absolute Gasteiger partial charge is 0.176 e. The van der Waals surface area contributed by atoms with Crippen molar-refractivity contribution in [3.05, 3.63) is 28.4 Å². The molecule has 0 unspecified atom stereocenters. The van der Waals surface area contributed by atoms with Crippen molar-refractivity contribution in [3.63, 3.8) is 0 Å². The minimum absolute atomic E-state index is 0.0132. The molecule has 0 aliphatic rings. The van der Waals surface area contributed by atoms with Gasteiger partial charge in [-0.25, -0.2) is 0 Å². The molecular formula is C12H12BrNO3. The molecule has 0 spiro atoms. The summed E-state index contributed by atoms with van der Waals surface area (Å²) in [6, 6.07) is 3.47. The van der Waals surface area contributed by atoms with E-state index in [0.717, 1.165) is 9.86 Å². The van der Waals surface area contributed by atoms with Gasteiger partial charge in [0.25, 0.3) is 0 Å². The van der Waals surface area contributed by atoms with Crippen molar-refractivity contribution in [1.82, 2.24) is 0 Å². The number of hydrogen-bond acceptors (Lipinski definition) is 4. The number of halogens is 1. The summed E-state index contributed by atoms with van der Waals surface area (Å²) in [5, 5.41) is 0.824. The number of ether oxygens (including phenoxy) is 1. The first-order valence-corrected chi connectivity index (χ1v) is 5.95. The van der Waals surface area contributed by atoms with Crippen LogP contribution in [0.25, 0.3) is 11.0 Å². The average molecular weight is 298 g/mol. The third-order valence-corrected chi connectivity index (χ3v) is 3.38. The van der Waals surface area contributed by atoms with E-state index in [1.54, 1.807) is 25.5 Å². The largest absolute Gasteiger partial charge is 0.493 e. The maximum Gasteiger partial charge on any atom is 0.176 e. The topological polar surface area (TPSA) is 65.5 Å². The van der Waals surface area contributed by atoms with Crippen molar-refractivity contribution in [1.29, 1.82) is 0 Å². The zero-order valence-electron chi connectivity index (χ0n) is 9.33. The van der Waals surface area contributed by atoms with E-state index in [-0.39, 0.29) is 5.78 Å². The van der Waals surface area contributed by atoms with Crippen LogP contribution in [0.4, 0.5) is 0 Å². The Morgan fingerprint density at radius 3 is 3.00 bits per heavy atom. The average Bonchev–Trinajstić information content (AvgIpc) is 2.79. The molecule has 2 rings (SSSR count). The number of furan rings is 1. The van der Waals surface area contributed by atoms with Gasteiger partial charge in [-0.3, -0.25) is 4.79 Å². The van der Waals surface area contributed by atoms with E-state index in [4.69, 9.17) is 14.9 Å². The molecule has 0 saturated carbocycles. The van der Waals surface area contributed by atoms with E-state index in [9.17, 15) is 4.79 Å². The Bertz CT molecular complexity index is 562. The third kappa shape index (κ3) is 2.08. The fourth-order valence-corrected chi connectivity index (χ4v) is 2.35. The second-order valence-corrected chi connectivity index (χ2v) is 4.36. The lowest BCUT2D eigenvalue weighted by molar-refractivity contribution is 0.0984. The lowest BCUT2D eigenvalue weighted by atomic mass is 10.1. The summed E-state index contributed by atoms with van der Waals surface area (Å²) in [5.74, 6) is 0.536. The van der Waals surface area contributed by atoms with Crippen LogP contribution in [-0.4, -0.2) is 19.4 Å². The molecule has 4 nitrogen and oxygen atoms in total. The van der Waals surface area contributed by atoms with Crippen molar-refractivity contribution >= 4 is 32.7 Å². The highest BCUT2D eigenvalue weighted by atomic mass is 79.9. The zero-order chi connectivity index (χ0) is 12.4. The van der Waals surface area contributed by atoms with Crippen molar-refractivity contribution in [3.8, 4) is 5.75 Å². The van der Waals surface area contributed by atoms with E-state index in [0.29, 0.717) is 29.9 Å². The molecule has 0 aliphatic carbocycles. The summed E-state index contributed by atoms with van der Waals surface area (Å²) in [4.78, 5) is 11.9. The van der Waals surface area contributed by atoms with Gasteiger partial charge in [0.05, 0.1) is 13.4 Å². The maximum atomic E-state index is 11.9. The van der Waals surface area contributed by atoms with Gasteiger partial charge in [0.2, 0.25) is 0 Å². The van der Waals surface area contributed by atoms with Gasteiger partial charge in [-0.2, -0.15) is 0 Å². The Morgan fingerprint density at radius 1 is 1.59 bits per heavy atom. The van der Waals surface area contributed by atoms with Crippen molar-refractivity contribution in [2.45, 2.75) is 6.42 Å². The predicted octanol–water partition coefficient (Wildman–Crippen LogP) is 2.74. The normalized spacial score (nSPS) is 10.8. The van der Waals surface area contributed by atoms with Crippen LogP contribution in [0, 0.1) is 0 Å². The van der Waals surface area contributed by atoms with Crippen LogP contribution in [0.15, 0.2) is 27.3 Å². The molecule has 5 heteroatoms. The molecule has 0 amide bonds. The number of benzene rings is 1. The van der Waals surface area contributed by atoms with Crippen LogP contribution < -0.4 is 10.5 Å². The lowest BCUT2D eigenvalue weighted by Gasteiger charge is -2.07. The summed E-state index contributed by atoms with van der Waals surface area (Å²) in [5.41, 5.74) is 6.59. The number of Topliss-reactive ketones (excluding diaryl/α,β-unsaturated/α-hetero) is 1. The van der Waals surface area contributed by atoms with Crippen LogP contribution in [0.3, 0.4) is 0 Å². The number of rotatable bonds is 4. The van der Waals surface area contributed by atoms with E-state index >= 15 is 0 Å². The number of nitrogens with two attached hydrogens (primary N) is 1. The molecule has 0 bridgehead atoms. The van der Waals surface area contributed by atoms with Crippen LogP contribution in [0.5, 0.6) is 5.75 Å². The van der Waals surface area contributed by atoms with Gasteiger partial charge in [-0.15, -0.1) is 0 Å². The minimum atomic E-state index is -0.0132. The summed E-state index contributed by atoms with van der Waals surface area (Å²) in [7, 11) is 1.54.